The van der Waals surface area contributed by atoms with E-state index >= 15 is 0 Å². The van der Waals surface area contributed by atoms with Crippen LogP contribution in [-0.2, 0) is 17.4 Å². The molecule has 2 amide bonds. The van der Waals surface area contributed by atoms with E-state index in [4.69, 9.17) is 17.3 Å². The van der Waals surface area contributed by atoms with Gasteiger partial charge in [0.05, 0.1) is 18.3 Å². The average molecular weight is 412 g/mol. The van der Waals surface area contributed by atoms with Gasteiger partial charge in [0.15, 0.2) is 5.65 Å². The number of hydrogen-bond donors (Lipinski definition) is 2. The van der Waals surface area contributed by atoms with Crippen molar-refractivity contribution in [1.82, 2.24) is 19.9 Å². The first-order valence-corrected chi connectivity index (χ1v) is 8.27. The molecule has 0 spiro atoms. The third-order valence-electron chi connectivity index (χ3n) is 3.84. The van der Waals surface area contributed by atoms with Gasteiger partial charge in [0.1, 0.15) is 5.56 Å². The second-order valence-electron chi connectivity index (χ2n) is 5.91. The summed E-state index contributed by atoms with van der Waals surface area (Å²) < 4.78 is 40.9. The van der Waals surface area contributed by atoms with Crippen molar-refractivity contribution in [3.05, 3.63) is 64.1 Å². The molecule has 0 radical (unpaired) electrons. The van der Waals surface area contributed by atoms with Gasteiger partial charge in [-0.3, -0.25) is 9.59 Å². The van der Waals surface area contributed by atoms with Crippen molar-refractivity contribution in [2.24, 2.45) is 5.73 Å². The Morgan fingerprint density at radius 3 is 2.68 bits per heavy atom. The van der Waals surface area contributed by atoms with E-state index < -0.39 is 23.6 Å². The molecule has 0 aliphatic heterocycles. The largest absolute Gasteiger partial charge is 0.416 e. The molecule has 7 nitrogen and oxygen atoms in total. The number of nitrogens with zero attached hydrogens (tertiary/aromatic N) is 3. The van der Waals surface area contributed by atoms with Gasteiger partial charge in [-0.15, -0.1) is 0 Å². The predicted molar refractivity (Wildman–Crippen MR) is 93.8 cm³/mol. The van der Waals surface area contributed by atoms with Crippen molar-refractivity contribution in [2.75, 3.05) is 6.54 Å². The Labute approximate surface area is 161 Å². The van der Waals surface area contributed by atoms with Crippen molar-refractivity contribution >= 4 is 29.1 Å². The van der Waals surface area contributed by atoms with Crippen LogP contribution >= 0.6 is 11.6 Å². The molecule has 0 saturated carbocycles. The molecule has 3 rings (SSSR count). The number of alkyl halides is 3. The number of carbonyl (C=O) groups excluding carboxylic acids is 2. The molecule has 2 heterocycles. The normalized spacial score (nSPS) is 11.6. The van der Waals surface area contributed by atoms with Gasteiger partial charge < -0.3 is 11.1 Å². The summed E-state index contributed by atoms with van der Waals surface area (Å²) in [5.41, 5.74) is 4.91. The lowest BCUT2D eigenvalue weighted by Crippen LogP contribution is -2.33. The maximum atomic E-state index is 13.2. The first-order chi connectivity index (χ1) is 13.1. The van der Waals surface area contributed by atoms with Crippen molar-refractivity contribution in [3.8, 4) is 0 Å². The minimum atomic E-state index is -4.52. The highest BCUT2D eigenvalue weighted by Gasteiger charge is 2.33. The Morgan fingerprint density at radius 2 is 2.00 bits per heavy atom. The SMILES string of the molecule is NC(=O)CNC(=O)c1cnn2cc(Cc3cc(Cl)ccc3C(F)(F)F)cnc12. The van der Waals surface area contributed by atoms with Gasteiger partial charge in [0, 0.05) is 23.8 Å². The number of halogens is 4. The first kappa shape index (κ1) is 19.6. The number of primary amides is 1. The lowest BCUT2D eigenvalue weighted by Gasteiger charge is -2.13. The number of rotatable bonds is 5. The number of carbonyl (C=O) groups is 2. The number of fused-ring (bicyclic) bond motifs is 1. The second-order valence-corrected chi connectivity index (χ2v) is 6.35. The summed E-state index contributed by atoms with van der Waals surface area (Å²) in [6, 6.07) is 3.36. The molecule has 0 unspecified atom stereocenters. The van der Waals surface area contributed by atoms with E-state index in [1.54, 1.807) is 0 Å². The molecule has 0 bridgehead atoms. The van der Waals surface area contributed by atoms with E-state index in [0.717, 1.165) is 6.07 Å². The summed E-state index contributed by atoms with van der Waals surface area (Å²) >= 11 is 5.84. The first-order valence-electron chi connectivity index (χ1n) is 7.89. The lowest BCUT2D eigenvalue weighted by atomic mass is 10.0. The van der Waals surface area contributed by atoms with Gasteiger partial charge in [-0.1, -0.05) is 11.6 Å². The van der Waals surface area contributed by atoms with Crippen LogP contribution in [-0.4, -0.2) is 33.0 Å². The van der Waals surface area contributed by atoms with E-state index in [9.17, 15) is 22.8 Å². The van der Waals surface area contributed by atoms with Crippen LogP contribution < -0.4 is 11.1 Å². The molecule has 0 aliphatic rings. The Balaban J connectivity index is 1.90. The van der Waals surface area contributed by atoms with E-state index in [-0.39, 0.29) is 34.8 Å². The Kier molecular flexibility index (Phi) is 5.23. The molecule has 0 atom stereocenters. The van der Waals surface area contributed by atoms with Crippen molar-refractivity contribution < 1.29 is 22.8 Å². The molecule has 146 valence electrons. The number of nitrogens with one attached hydrogen (secondary N) is 1. The zero-order valence-electron chi connectivity index (χ0n) is 14.1. The quantitative estimate of drug-likeness (QED) is 0.672. The summed E-state index contributed by atoms with van der Waals surface area (Å²) in [7, 11) is 0. The van der Waals surface area contributed by atoms with E-state index in [0.29, 0.717) is 5.56 Å². The summed E-state index contributed by atoms with van der Waals surface area (Å²) in [6.45, 7) is -0.344. The minimum absolute atomic E-state index is 0.00673. The fraction of sp³-hybridized carbons (Fsp3) is 0.176. The van der Waals surface area contributed by atoms with Gasteiger partial charge in [-0.2, -0.15) is 18.3 Å². The average Bonchev–Trinajstić information content (AvgIpc) is 3.02. The number of aromatic nitrogens is 3. The van der Waals surface area contributed by atoms with Crippen LogP contribution in [0.15, 0.2) is 36.8 Å². The molecular formula is C17H13ClF3N5O2. The fourth-order valence-corrected chi connectivity index (χ4v) is 2.83. The van der Waals surface area contributed by atoms with Crippen LogP contribution in [0.4, 0.5) is 13.2 Å². The van der Waals surface area contributed by atoms with Crippen molar-refractivity contribution in [3.63, 3.8) is 0 Å². The monoisotopic (exact) mass is 411 g/mol. The Bertz CT molecular complexity index is 1060. The fourth-order valence-electron chi connectivity index (χ4n) is 2.63. The summed E-state index contributed by atoms with van der Waals surface area (Å²) in [6.07, 6.45) is -0.545. The highest BCUT2D eigenvalue weighted by molar-refractivity contribution is 6.30. The second kappa shape index (κ2) is 7.47. The molecule has 3 N–H and O–H groups in total. The minimum Gasteiger partial charge on any atom is -0.368 e. The van der Waals surface area contributed by atoms with Gasteiger partial charge in [-0.05, 0) is 29.3 Å². The topological polar surface area (TPSA) is 102 Å². The molecule has 11 heteroatoms. The van der Waals surface area contributed by atoms with Gasteiger partial charge in [0.2, 0.25) is 5.91 Å². The van der Waals surface area contributed by atoms with E-state index in [2.05, 4.69) is 15.4 Å². The molecule has 3 aromatic rings. The number of hydrogen-bond acceptors (Lipinski definition) is 4. The summed E-state index contributed by atoms with van der Waals surface area (Å²) in [5.74, 6) is -1.30. The molecule has 0 aliphatic carbocycles. The Morgan fingerprint density at radius 1 is 1.25 bits per heavy atom. The van der Waals surface area contributed by atoms with E-state index in [1.165, 1.54) is 35.2 Å². The van der Waals surface area contributed by atoms with Crippen LogP contribution in [0.25, 0.3) is 5.65 Å². The zero-order valence-corrected chi connectivity index (χ0v) is 14.9. The maximum absolute atomic E-state index is 13.2. The molecule has 0 saturated heterocycles. The van der Waals surface area contributed by atoms with Gasteiger partial charge in [0.25, 0.3) is 5.91 Å². The number of nitrogens with two attached hydrogens (primary N) is 1. The van der Waals surface area contributed by atoms with Crippen LogP contribution in [0.5, 0.6) is 0 Å². The Hall–Kier alpha value is -3.14. The van der Waals surface area contributed by atoms with Crippen molar-refractivity contribution in [2.45, 2.75) is 12.6 Å². The zero-order chi connectivity index (χ0) is 20.5. The van der Waals surface area contributed by atoms with Crippen LogP contribution in [0.1, 0.15) is 27.0 Å². The highest BCUT2D eigenvalue weighted by atomic mass is 35.5. The highest BCUT2D eigenvalue weighted by Crippen LogP contribution is 2.34. The van der Waals surface area contributed by atoms with Crippen LogP contribution in [0.3, 0.4) is 0 Å². The smallest absolute Gasteiger partial charge is 0.368 e. The number of amides is 2. The van der Waals surface area contributed by atoms with Gasteiger partial charge >= 0.3 is 6.18 Å². The maximum Gasteiger partial charge on any atom is 0.416 e. The van der Waals surface area contributed by atoms with Crippen LogP contribution in [0.2, 0.25) is 5.02 Å². The lowest BCUT2D eigenvalue weighted by molar-refractivity contribution is -0.138. The standard InChI is InChI=1S/C17H13ClF3N5O2/c18-11-1-2-13(17(19,20)21)10(4-11)3-9-5-23-15-12(6-25-26(15)8-9)16(28)24-7-14(22)27/h1-2,4-6,8H,3,7H2,(H2,22,27)(H,24,28). The van der Waals surface area contributed by atoms with Gasteiger partial charge in [-0.25, -0.2) is 9.50 Å². The van der Waals surface area contributed by atoms with Crippen LogP contribution in [0, 0.1) is 0 Å². The molecule has 28 heavy (non-hydrogen) atoms. The molecule has 0 fully saturated rings. The summed E-state index contributed by atoms with van der Waals surface area (Å²) in [5, 5.41) is 6.49. The third-order valence-corrected chi connectivity index (χ3v) is 4.08. The molecular weight excluding hydrogens is 399 g/mol. The predicted octanol–water partition coefficient (Wildman–Crippen LogP) is 2.21. The third kappa shape index (κ3) is 4.22. The van der Waals surface area contributed by atoms with Crippen molar-refractivity contribution in [1.29, 1.82) is 0 Å². The number of benzene rings is 1. The molecule has 1 aromatic carbocycles. The van der Waals surface area contributed by atoms with E-state index in [1.807, 2.05) is 0 Å². The molecule has 2 aromatic heterocycles. The summed E-state index contributed by atoms with van der Waals surface area (Å²) in [4.78, 5) is 26.9.